The van der Waals surface area contributed by atoms with E-state index >= 15 is 0 Å². The molecule has 8 heteroatoms. The maximum Gasteiger partial charge on any atom is 0.387 e. The van der Waals surface area contributed by atoms with Crippen molar-refractivity contribution < 1.29 is 23.0 Å². The number of ether oxygens (including phenoxy) is 2. The number of nitrogens with zero attached hydrogens (tertiary/aromatic N) is 1. The molecule has 0 spiro atoms. The topological polar surface area (TPSA) is 59.9 Å². The molecule has 1 fully saturated rings. The molecule has 27 heavy (non-hydrogen) atoms. The normalized spacial score (nSPS) is 16.9. The minimum absolute atomic E-state index is 0.0695. The summed E-state index contributed by atoms with van der Waals surface area (Å²) < 4.78 is 34.3. The first-order valence-electron chi connectivity index (χ1n) is 7.94. The number of amides is 1. The van der Waals surface area contributed by atoms with Gasteiger partial charge in [-0.1, -0.05) is 24.3 Å². The Bertz CT molecular complexity index is 929. The highest BCUT2D eigenvalue weighted by atomic mass is 32.2. The lowest BCUT2D eigenvalue weighted by Gasteiger charge is -2.10. The molecule has 5 nitrogen and oxygen atoms in total. The Morgan fingerprint density at radius 1 is 1.19 bits per heavy atom. The summed E-state index contributed by atoms with van der Waals surface area (Å²) >= 11 is 1.20. The Hall–Kier alpha value is -2.87. The summed E-state index contributed by atoms with van der Waals surface area (Å²) in [7, 11) is 1.36. The number of amidine groups is 1. The lowest BCUT2D eigenvalue weighted by Crippen LogP contribution is -2.19. The highest BCUT2D eigenvalue weighted by Crippen LogP contribution is 2.33. The zero-order valence-electron chi connectivity index (χ0n) is 14.5. The van der Waals surface area contributed by atoms with Crippen LogP contribution in [0.4, 0.5) is 14.5 Å². The Balaban J connectivity index is 1.83. The van der Waals surface area contributed by atoms with Gasteiger partial charge in [0.05, 0.1) is 17.7 Å². The molecule has 140 valence electrons. The molecule has 0 bridgehead atoms. The molecule has 1 heterocycles. The number of hydrogen-bond acceptors (Lipinski definition) is 5. The second-order valence-corrected chi connectivity index (χ2v) is 6.59. The SMILES string of the molecule is COc1cc(/C=C2\SC(=Nc3ccccc3C)NC2=O)ccc1OC(F)F. The molecule has 0 radical (unpaired) electrons. The summed E-state index contributed by atoms with van der Waals surface area (Å²) in [4.78, 5) is 17.1. The van der Waals surface area contributed by atoms with Crippen molar-refractivity contribution in [1.82, 2.24) is 5.32 Å². The first kappa shape index (κ1) is 18.9. The van der Waals surface area contributed by atoms with Crippen LogP contribution in [0.25, 0.3) is 6.08 Å². The van der Waals surface area contributed by atoms with E-state index in [1.807, 2.05) is 31.2 Å². The fourth-order valence-corrected chi connectivity index (χ4v) is 3.23. The van der Waals surface area contributed by atoms with Crippen molar-refractivity contribution in [3.05, 3.63) is 58.5 Å². The molecule has 2 aromatic rings. The van der Waals surface area contributed by atoms with Crippen LogP contribution in [0.15, 0.2) is 52.4 Å². The number of thioether (sulfide) groups is 1. The van der Waals surface area contributed by atoms with Gasteiger partial charge in [0.15, 0.2) is 16.7 Å². The number of halogens is 2. The van der Waals surface area contributed by atoms with Crippen LogP contribution in [0.2, 0.25) is 0 Å². The number of nitrogens with one attached hydrogen (secondary N) is 1. The van der Waals surface area contributed by atoms with Gasteiger partial charge >= 0.3 is 6.61 Å². The zero-order valence-corrected chi connectivity index (χ0v) is 15.3. The van der Waals surface area contributed by atoms with E-state index in [4.69, 9.17) is 4.74 Å². The van der Waals surface area contributed by atoms with E-state index in [0.717, 1.165) is 11.3 Å². The maximum atomic E-state index is 12.4. The van der Waals surface area contributed by atoms with Crippen molar-refractivity contribution in [3.63, 3.8) is 0 Å². The average Bonchev–Trinajstić information content (AvgIpc) is 2.97. The Morgan fingerprint density at radius 2 is 1.96 bits per heavy atom. The smallest absolute Gasteiger partial charge is 0.387 e. The molecule has 3 rings (SSSR count). The fourth-order valence-electron chi connectivity index (χ4n) is 2.40. The number of aryl methyl sites for hydroxylation is 1. The quantitative estimate of drug-likeness (QED) is 0.764. The minimum atomic E-state index is -2.94. The molecule has 0 atom stereocenters. The van der Waals surface area contributed by atoms with Crippen LogP contribution in [-0.4, -0.2) is 24.8 Å². The Morgan fingerprint density at radius 3 is 2.67 bits per heavy atom. The second kappa shape index (κ2) is 8.22. The number of alkyl halides is 2. The predicted molar refractivity (Wildman–Crippen MR) is 102 cm³/mol. The molecule has 0 saturated carbocycles. The van der Waals surface area contributed by atoms with Gasteiger partial charge in [-0.3, -0.25) is 4.79 Å². The van der Waals surface area contributed by atoms with Crippen molar-refractivity contribution in [2.24, 2.45) is 4.99 Å². The van der Waals surface area contributed by atoms with Crippen LogP contribution in [0.5, 0.6) is 11.5 Å². The van der Waals surface area contributed by atoms with E-state index in [-0.39, 0.29) is 17.4 Å². The largest absolute Gasteiger partial charge is 0.493 e. The number of carbonyl (C=O) groups is 1. The van der Waals surface area contributed by atoms with Crippen LogP contribution < -0.4 is 14.8 Å². The van der Waals surface area contributed by atoms with Crippen LogP contribution in [0.1, 0.15) is 11.1 Å². The zero-order chi connectivity index (χ0) is 19.4. The molecule has 1 N–H and O–H groups in total. The van der Waals surface area contributed by atoms with Gasteiger partial charge in [0.1, 0.15) is 0 Å². The third-order valence-electron chi connectivity index (χ3n) is 3.69. The number of benzene rings is 2. The molecule has 1 aliphatic rings. The number of methoxy groups -OCH3 is 1. The van der Waals surface area contributed by atoms with Gasteiger partial charge in [-0.15, -0.1) is 0 Å². The second-order valence-electron chi connectivity index (χ2n) is 5.56. The average molecular weight is 390 g/mol. The molecule has 0 aliphatic carbocycles. The third kappa shape index (κ3) is 4.65. The van der Waals surface area contributed by atoms with E-state index in [1.165, 1.54) is 31.0 Å². The Kier molecular flexibility index (Phi) is 5.75. The van der Waals surface area contributed by atoms with E-state index in [0.29, 0.717) is 15.6 Å². The fraction of sp³-hybridized carbons (Fsp3) is 0.158. The highest BCUT2D eigenvalue weighted by Gasteiger charge is 2.24. The van der Waals surface area contributed by atoms with Crippen LogP contribution in [-0.2, 0) is 4.79 Å². The van der Waals surface area contributed by atoms with Crippen LogP contribution >= 0.6 is 11.8 Å². The van der Waals surface area contributed by atoms with Gasteiger partial charge in [-0.05, 0) is 54.1 Å². The van der Waals surface area contributed by atoms with Gasteiger partial charge in [-0.2, -0.15) is 8.78 Å². The number of carbonyl (C=O) groups excluding carboxylic acids is 1. The monoisotopic (exact) mass is 390 g/mol. The summed E-state index contributed by atoms with van der Waals surface area (Å²) in [6.07, 6.45) is 1.63. The standard InChI is InChI=1S/C19H16F2N2O3S/c1-11-5-3-4-6-13(11)22-19-23-17(24)16(27-19)10-12-7-8-14(26-18(20)21)15(9-12)25-2/h3-10,18H,1-2H3,(H,22,23,24)/b16-10-. The molecular weight excluding hydrogens is 374 g/mol. The van der Waals surface area contributed by atoms with Crippen molar-refractivity contribution in [2.45, 2.75) is 13.5 Å². The van der Waals surface area contributed by atoms with Crippen LogP contribution in [0, 0.1) is 6.92 Å². The Labute approximate surface area is 159 Å². The van der Waals surface area contributed by atoms with Gasteiger partial charge in [0.25, 0.3) is 5.91 Å². The number of rotatable bonds is 5. The molecule has 0 unspecified atom stereocenters. The first-order chi connectivity index (χ1) is 13.0. The molecular formula is C19H16F2N2O3S. The molecule has 1 amide bonds. The summed E-state index contributed by atoms with van der Waals surface area (Å²) in [5.74, 6) is -0.193. The number of aliphatic imine (C=N–C) groups is 1. The van der Waals surface area contributed by atoms with Gasteiger partial charge < -0.3 is 14.8 Å². The maximum absolute atomic E-state index is 12.4. The summed E-state index contributed by atoms with van der Waals surface area (Å²) in [6.45, 7) is -1.01. The number of para-hydroxylation sites is 1. The highest BCUT2D eigenvalue weighted by molar-refractivity contribution is 8.18. The summed E-state index contributed by atoms with van der Waals surface area (Å²) in [5.41, 5.74) is 2.39. The predicted octanol–water partition coefficient (Wildman–Crippen LogP) is 4.50. The van der Waals surface area contributed by atoms with Gasteiger partial charge in [0.2, 0.25) is 0 Å². The summed E-state index contributed by atoms with van der Waals surface area (Å²) in [6, 6.07) is 12.1. The first-order valence-corrected chi connectivity index (χ1v) is 8.76. The lowest BCUT2D eigenvalue weighted by atomic mass is 10.2. The van der Waals surface area contributed by atoms with Crippen molar-refractivity contribution in [3.8, 4) is 11.5 Å². The van der Waals surface area contributed by atoms with E-state index in [1.54, 1.807) is 12.1 Å². The molecule has 0 aromatic heterocycles. The van der Waals surface area contributed by atoms with Gasteiger partial charge in [0, 0.05) is 0 Å². The van der Waals surface area contributed by atoms with Crippen molar-refractivity contribution in [1.29, 1.82) is 0 Å². The third-order valence-corrected chi connectivity index (χ3v) is 4.60. The van der Waals surface area contributed by atoms with Crippen molar-refractivity contribution >= 4 is 34.6 Å². The van der Waals surface area contributed by atoms with E-state index < -0.39 is 6.61 Å². The van der Waals surface area contributed by atoms with Crippen molar-refractivity contribution in [2.75, 3.05) is 7.11 Å². The lowest BCUT2D eigenvalue weighted by molar-refractivity contribution is -0.115. The molecule has 1 saturated heterocycles. The molecule has 2 aromatic carbocycles. The van der Waals surface area contributed by atoms with Gasteiger partial charge in [-0.25, -0.2) is 4.99 Å². The van der Waals surface area contributed by atoms with Crippen LogP contribution in [0.3, 0.4) is 0 Å². The van der Waals surface area contributed by atoms with E-state index in [2.05, 4.69) is 15.0 Å². The summed E-state index contributed by atoms with van der Waals surface area (Å²) in [5, 5.41) is 3.19. The minimum Gasteiger partial charge on any atom is -0.493 e. The number of hydrogen-bond donors (Lipinski definition) is 1. The van der Waals surface area contributed by atoms with E-state index in [9.17, 15) is 13.6 Å². The molecule has 1 aliphatic heterocycles.